The highest BCUT2D eigenvalue weighted by molar-refractivity contribution is 7.94. The lowest BCUT2D eigenvalue weighted by Crippen LogP contribution is -2.44. The van der Waals surface area contributed by atoms with Crippen LogP contribution in [0, 0.1) is 5.92 Å². The summed E-state index contributed by atoms with van der Waals surface area (Å²) in [5.41, 5.74) is 0.449. The van der Waals surface area contributed by atoms with Crippen molar-refractivity contribution in [2.24, 2.45) is 11.1 Å². The van der Waals surface area contributed by atoms with Gasteiger partial charge in [0, 0.05) is 31.3 Å². The van der Waals surface area contributed by atoms with Crippen molar-refractivity contribution in [3.63, 3.8) is 0 Å². The molecule has 8 nitrogen and oxygen atoms in total. The van der Waals surface area contributed by atoms with Crippen LogP contribution in [-0.4, -0.2) is 52.5 Å². The van der Waals surface area contributed by atoms with Crippen LogP contribution in [0.3, 0.4) is 0 Å². The van der Waals surface area contributed by atoms with E-state index in [0.29, 0.717) is 35.8 Å². The molecule has 1 aromatic heterocycles. The first-order valence-corrected chi connectivity index (χ1v) is 11.4. The van der Waals surface area contributed by atoms with Gasteiger partial charge in [-0.15, -0.1) is 23.7 Å². The first-order chi connectivity index (χ1) is 11.1. The SMILES string of the molecule is CC(C)CN[C@H]1CN(CCCO)S(=O)(=O)c2sc(S(N)(=O)=O)cc21.Cl. The van der Waals surface area contributed by atoms with Gasteiger partial charge in [-0.2, -0.15) is 4.31 Å². The van der Waals surface area contributed by atoms with Crippen molar-refractivity contribution in [3.05, 3.63) is 11.6 Å². The second kappa shape index (κ2) is 8.61. The normalized spacial score (nSPS) is 20.3. The number of nitrogens with one attached hydrogen (secondary N) is 1. The van der Waals surface area contributed by atoms with Gasteiger partial charge in [-0.05, 0) is 24.9 Å². The molecule has 1 aromatic rings. The van der Waals surface area contributed by atoms with Crippen LogP contribution in [0.25, 0.3) is 0 Å². The molecular formula is C13H24ClN3O5S3. The molecule has 0 spiro atoms. The number of primary sulfonamides is 1. The quantitative estimate of drug-likeness (QED) is 0.573. The minimum absolute atomic E-state index is 0. The third-order valence-electron chi connectivity index (χ3n) is 3.66. The number of fused-ring (bicyclic) bond motifs is 1. The third kappa shape index (κ3) is 5.13. The molecule has 2 rings (SSSR count). The summed E-state index contributed by atoms with van der Waals surface area (Å²) >= 11 is 0.679. The molecule has 146 valence electrons. The minimum atomic E-state index is -3.97. The minimum Gasteiger partial charge on any atom is -0.396 e. The van der Waals surface area contributed by atoms with Gasteiger partial charge < -0.3 is 10.4 Å². The topological polar surface area (TPSA) is 130 Å². The maximum absolute atomic E-state index is 12.7. The molecule has 4 N–H and O–H groups in total. The van der Waals surface area contributed by atoms with E-state index in [1.807, 2.05) is 13.8 Å². The number of nitrogens with two attached hydrogens (primary N) is 1. The Morgan fingerprint density at radius 1 is 1.48 bits per heavy atom. The first-order valence-electron chi connectivity index (χ1n) is 7.58. The molecule has 0 amide bonds. The fraction of sp³-hybridized carbons (Fsp3) is 0.692. The van der Waals surface area contributed by atoms with Crippen LogP contribution in [0.2, 0.25) is 0 Å². The Morgan fingerprint density at radius 2 is 2.12 bits per heavy atom. The third-order valence-corrected chi connectivity index (χ3v) is 8.62. The van der Waals surface area contributed by atoms with Crippen LogP contribution in [0.1, 0.15) is 31.9 Å². The molecule has 1 aliphatic heterocycles. The lowest BCUT2D eigenvalue weighted by atomic mass is 10.1. The Labute approximate surface area is 158 Å². The predicted octanol–water partition coefficient (Wildman–Crippen LogP) is 0.491. The zero-order valence-electron chi connectivity index (χ0n) is 14.0. The summed E-state index contributed by atoms with van der Waals surface area (Å²) in [5.74, 6) is 0.356. The van der Waals surface area contributed by atoms with Gasteiger partial charge in [-0.3, -0.25) is 0 Å². The van der Waals surface area contributed by atoms with Gasteiger partial charge in [0.05, 0.1) is 0 Å². The zero-order chi connectivity index (χ0) is 18.1. The Kier molecular flexibility index (Phi) is 7.84. The van der Waals surface area contributed by atoms with E-state index in [0.717, 1.165) is 0 Å². The molecule has 0 aliphatic carbocycles. The second-order valence-electron chi connectivity index (χ2n) is 6.15. The standard InChI is InChI=1S/C13H23N3O5S3.ClH/c1-9(2)7-15-11-8-16(4-3-5-17)24(20,21)13-10(11)6-12(22-13)23(14,18)19;/h6,9,11,15,17H,3-5,7-8H2,1-2H3,(H2,14,18,19);1H/t11-;/m0./s1. The molecule has 0 bridgehead atoms. The fourth-order valence-electron chi connectivity index (χ4n) is 2.48. The molecule has 0 saturated carbocycles. The molecule has 0 aromatic carbocycles. The number of rotatable bonds is 7. The monoisotopic (exact) mass is 433 g/mol. The number of hydrogen-bond donors (Lipinski definition) is 3. The van der Waals surface area contributed by atoms with Gasteiger partial charge >= 0.3 is 0 Å². The van der Waals surface area contributed by atoms with E-state index < -0.39 is 20.0 Å². The van der Waals surface area contributed by atoms with Crippen LogP contribution >= 0.6 is 23.7 Å². The van der Waals surface area contributed by atoms with Crippen molar-refractivity contribution in [1.29, 1.82) is 0 Å². The second-order valence-corrected chi connectivity index (χ2v) is 11.1. The van der Waals surface area contributed by atoms with E-state index in [1.54, 1.807) is 0 Å². The van der Waals surface area contributed by atoms with E-state index in [1.165, 1.54) is 10.4 Å². The summed E-state index contributed by atoms with van der Waals surface area (Å²) in [6, 6.07) is 1.05. The van der Waals surface area contributed by atoms with Crippen molar-refractivity contribution >= 4 is 43.8 Å². The van der Waals surface area contributed by atoms with Gasteiger partial charge in [-0.1, -0.05) is 13.8 Å². The molecular weight excluding hydrogens is 410 g/mol. The van der Waals surface area contributed by atoms with Crippen LogP contribution in [0.5, 0.6) is 0 Å². The summed E-state index contributed by atoms with van der Waals surface area (Å²) in [7, 11) is -7.75. The molecule has 12 heteroatoms. The molecule has 0 unspecified atom stereocenters. The predicted molar refractivity (Wildman–Crippen MR) is 99.0 cm³/mol. The molecule has 1 atom stereocenters. The van der Waals surface area contributed by atoms with Crippen LogP contribution in [0.4, 0.5) is 0 Å². The van der Waals surface area contributed by atoms with Crippen molar-refractivity contribution < 1.29 is 21.9 Å². The number of aliphatic hydroxyl groups is 1. The van der Waals surface area contributed by atoms with Gasteiger partial charge in [-0.25, -0.2) is 22.0 Å². The van der Waals surface area contributed by atoms with E-state index in [9.17, 15) is 16.8 Å². The van der Waals surface area contributed by atoms with Crippen LogP contribution in [0.15, 0.2) is 14.5 Å². The van der Waals surface area contributed by atoms with Crippen LogP contribution in [-0.2, 0) is 20.0 Å². The molecule has 1 aliphatic rings. The largest absolute Gasteiger partial charge is 0.396 e. The van der Waals surface area contributed by atoms with Crippen LogP contribution < -0.4 is 10.5 Å². The van der Waals surface area contributed by atoms with Crippen molar-refractivity contribution in [2.75, 3.05) is 26.2 Å². The number of nitrogens with zero attached hydrogens (tertiary/aromatic N) is 1. The number of thiophene rings is 1. The summed E-state index contributed by atoms with van der Waals surface area (Å²) < 4.78 is 49.8. The molecule has 0 saturated heterocycles. The van der Waals surface area contributed by atoms with Crippen molar-refractivity contribution in [2.45, 2.75) is 34.7 Å². The fourth-order valence-corrected chi connectivity index (χ4v) is 6.79. The number of halogens is 1. The maximum Gasteiger partial charge on any atom is 0.252 e. The molecule has 0 fully saturated rings. The Bertz CT molecular complexity index is 792. The highest BCUT2D eigenvalue weighted by Gasteiger charge is 2.39. The summed E-state index contributed by atoms with van der Waals surface area (Å²) in [4.78, 5) is 0. The van der Waals surface area contributed by atoms with E-state index in [2.05, 4.69) is 5.32 Å². The Morgan fingerprint density at radius 3 is 2.64 bits per heavy atom. The number of aliphatic hydroxyl groups excluding tert-OH is 1. The van der Waals surface area contributed by atoms with Gasteiger partial charge in [0.25, 0.3) is 10.0 Å². The summed E-state index contributed by atoms with van der Waals surface area (Å²) in [6.45, 7) is 4.98. The average molecular weight is 434 g/mol. The zero-order valence-corrected chi connectivity index (χ0v) is 17.3. The highest BCUT2D eigenvalue weighted by atomic mass is 35.5. The maximum atomic E-state index is 12.7. The van der Waals surface area contributed by atoms with Crippen molar-refractivity contribution in [3.8, 4) is 0 Å². The smallest absolute Gasteiger partial charge is 0.252 e. The molecule has 0 radical (unpaired) electrons. The summed E-state index contributed by atoms with van der Waals surface area (Å²) in [6.07, 6.45) is 0.318. The lowest BCUT2D eigenvalue weighted by Gasteiger charge is -2.32. The average Bonchev–Trinajstić information content (AvgIpc) is 2.91. The Balaban J connectivity index is 0.00000312. The van der Waals surface area contributed by atoms with Gasteiger partial charge in [0.1, 0.15) is 8.42 Å². The van der Waals surface area contributed by atoms with Crippen molar-refractivity contribution in [1.82, 2.24) is 9.62 Å². The summed E-state index contributed by atoms with van der Waals surface area (Å²) in [5, 5.41) is 17.4. The molecule has 2 heterocycles. The Hall–Kier alpha value is -0.270. The lowest BCUT2D eigenvalue weighted by molar-refractivity contribution is 0.259. The van der Waals surface area contributed by atoms with E-state index in [4.69, 9.17) is 10.2 Å². The van der Waals surface area contributed by atoms with E-state index >= 15 is 0 Å². The molecule has 25 heavy (non-hydrogen) atoms. The number of sulfonamides is 2. The number of hydrogen-bond acceptors (Lipinski definition) is 7. The van der Waals surface area contributed by atoms with E-state index in [-0.39, 0.29) is 46.6 Å². The highest BCUT2D eigenvalue weighted by Crippen LogP contribution is 2.39. The van der Waals surface area contributed by atoms with Gasteiger partial charge in [0.15, 0.2) is 0 Å². The first kappa shape index (κ1) is 22.8. The van der Waals surface area contributed by atoms with Gasteiger partial charge in [0.2, 0.25) is 10.0 Å².